The van der Waals surface area contributed by atoms with E-state index in [1.54, 1.807) is 26.0 Å². The Kier molecular flexibility index (Phi) is 7.69. The van der Waals surface area contributed by atoms with Gasteiger partial charge in [-0.05, 0) is 25.8 Å². The molecule has 9 heteroatoms. The molecule has 1 amide bonds. The van der Waals surface area contributed by atoms with Gasteiger partial charge in [0, 0.05) is 30.1 Å². The minimum absolute atomic E-state index is 0.0521. The number of benzene rings is 1. The molecule has 9 nitrogen and oxygen atoms in total. The fourth-order valence-electron chi connectivity index (χ4n) is 3.49. The summed E-state index contributed by atoms with van der Waals surface area (Å²) in [6.45, 7) is 5.86. The fourth-order valence-corrected chi connectivity index (χ4v) is 3.49. The lowest BCUT2D eigenvalue weighted by atomic mass is 9.83. The van der Waals surface area contributed by atoms with E-state index in [4.69, 9.17) is 10.00 Å². The first kappa shape index (κ1) is 22.6. The van der Waals surface area contributed by atoms with Crippen LogP contribution in [0.2, 0.25) is 0 Å². The summed E-state index contributed by atoms with van der Waals surface area (Å²) in [5, 5.41) is 22.9. The summed E-state index contributed by atoms with van der Waals surface area (Å²) < 4.78 is 5.27. The third-order valence-corrected chi connectivity index (χ3v) is 4.73. The van der Waals surface area contributed by atoms with Crippen molar-refractivity contribution >= 4 is 18.1 Å². The minimum atomic E-state index is -0.654. The van der Waals surface area contributed by atoms with Gasteiger partial charge in [0.2, 0.25) is 6.41 Å². The first-order valence-electron chi connectivity index (χ1n) is 9.54. The highest BCUT2D eigenvalue weighted by Gasteiger charge is 2.36. The minimum Gasteiger partial charge on any atom is -0.461 e. The molecule has 1 N–H and O–H groups in total. The van der Waals surface area contributed by atoms with Crippen molar-refractivity contribution in [1.29, 1.82) is 5.26 Å². The number of rotatable bonds is 9. The molecule has 1 atom stereocenters. The molecule has 0 spiro atoms. The van der Waals surface area contributed by atoms with Crippen molar-refractivity contribution in [2.24, 2.45) is 0 Å². The molecule has 2 rings (SSSR count). The predicted molar refractivity (Wildman–Crippen MR) is 109 cm³/mol. The zero-order valence-electron chi connectivity index (χ0n) is 17.2. The maximum absolute atomic E-state index is 12.9. The molecule has 0 bridgehead atoms. The van der Waals surface area contributed by atoms with E-state index in [2.05, 4.69) is 5.32 Å². The SMILES string of the molecule is CCCN(C=O)C1=C(C)NC(C)=C(C(=O)OCCC#N)C1c1ccc([N+](=O)[O-])cc1. The zero-order valence-corrected chi connectivity index (χ0v) is 17.2. The zero-order chi connectivity index (χ0) is 22.3. The van der Waals surface area contributed by atoms with Gasteiger partial charge in [0.05, 0.1) is 34.6 Å². The molecule has 0 saturated heterocycles. The van der Waals surface area contributed by atoms with E-state index in [1.165, 1.54) is 17.0 Å². The number of amides is 1. The second kappa shape index (κ2) is 10.2. The highest BCUT2D eigenvalue weighted by molar-refractivity contribution is 5.92. The predicted octanol–water partition coefficient (Wildman–Crippen LogP) is 3.11. The number of carbonyl (C=O) groups is 2. The maximum Gasteiger partial charge on any atom is 0.336 e. The van der Waals surface area contributed by atoms with E-state index in [9.17, 15) is 19.7 Å². The van der Waals surface area contributed by atoms with Crippen LogP contribution in [0.5, 0.6) is 0 Å². The van der Waals surface area contributed by atoms with Gasteiger partial charge in [-0.25, -0.2) is 4.79 Å². The van der Waals surface area contributed by atoms with Crippen LogP contribution in [-0.2, 0) is 14.3 Å². The van der Waals surface area contributed by atoms with Crippen LogP contribution < -0.4 is 5.32 Å². The van der Waals surface area contributed by atoms with Gasteiger partial charge in [-0.2, -0.15) is 5.26 Å². The molecule has 0 fully saturated rings. The lowest BCUT2D eigenvalue weighted by Crippen LogP contribution is -2.36. The number of nitro benzene ring substituents is 1. The lowest BCUT2D eigenvalue weighted by Gasteiger charge is -2.35. The van der Waals surface area contributed by atoms with Crippen molar-refractivity contribution in [1.82, 2.24) is 10.2 Å². The number of nitriles is 1. The first-order valence-corrected chi connectivity index (χ1v) is 9.54. The van der Waals surface area contributed by atoms with E-state index in [1.807, 2.05) is 13.0 Å². The van der Waals surface area contributed by atoms with Crippen LogP contribution in [0.25, 0.3) is 0 Å². The molecule has 1 unspecified atom stereocenters. The molecular formula is C21H24N4O5. The summed E-state index contributed by atoms with van der Waals surface area (Å²) in [6.07, 6.45) is 1.47. The van der Waals surface area contributed by atoms with E-state index in [-0.39, 0.29) is 18.7 Å². The summed E-state index contributed by atoms with van der Waals surface area (Å²) in [5.41, 5.74) is 2.68. The van der Waals surface area contributed by atoms with Crippen LogP contribution in [0.3, 0.4) is 0 Å². The van der Waals surface area contributed by atoms with Gasteiger partial charge in [-0.3, -0.25) is 14.9 Å². The second-order valence-electron chi connectivity index (χ2n) is 6.80. The Morgan fingerprint density at radius 3 is 2.53 bits per heavy atom. The molecule has 1 aromatic carbocycles. The van der Waals surface area contributed by atoms with Gasteiger partial charge in [0.25, 0.3) is 5.69 Å². The number of carbonyl (C=O) groups excluding carboxylic acids is 2. The van der Waals surface area contributed by atoms with Crippen LogP contribution in [0.4, 0.5) is 5.69 Å². The van der Waals surface area contributed by atoms with E-state index < -0.39 is 16.8 Å². The summed E-state index contributed by atoms with van der Waals surface area (Å²) in [7, 11) is 0. The molecule has 1 aromatic rings. The molecular weight excluding hydrogens is 388 g/mol. The molecule has 0 radical (unpaired) electrons. The smallest absolute Gasteiger partial charge is 0.336 e. The van der Waals surface area contributed by atoms with Crippen molar-refractivity contribution in [3.63, 3.8) is 0 Å². The average molecular weight is 412 g/mol. The number of nitro groups is 1. The largest absolute Gasteiger partial charge is 0.461 e. The van der Waals surface area contributed by atoms with Crippen LogP contribution in [0, 0.1) is 21.4 Å². The van der Waals surface area contributed by atoms with Crippen LogP contribution in [0.15, 0.2) is 46.9 Å². The van der Waals surface area contributed by atoms with Gasteiger partial charge in [-0.1, -0.05) is 19.1 Å². The van der Waals surface area contributed by atoms with E-state index >= 15 is 0 Å². The monoisotopic (exact) mass is 412 g/mol. The molecule has 0 saturated carbocycles. The highest BCUT2D eigenvalue weighted by Crippen LogP contribution is 2.40. The number of esters is 1. The molecule has 0 aromatic heterocycles. The van der Waals surface area contributed by atoms with Crippen LogP contribution >= 0.6 is 0 Å². The van der Waals surface area contributed by atoms with E-state index in [0.717, 1.165) is 0 Å². The number of nitrogens with zero attached hydrogens (tertiary/aromatic N) is 3. The highest BCUT2D eigenvalue weighted by atomic mass is 16.6. The van der Waals surface area contributed by atoms with Crippen molar-refractivity contribution in [2.45, 2.75) is 39.5 Å². The van der Waals surface area contributed by atoms with Gasteiger partial charge in [-0.15, -0.1) is 0 Å². The fraction of sp³-hybridized carbons (Fsp3) is 0.381. The number of nitrogens with one attached hydrogen (secondary N) is 1. The molecule has 1 heterocycles. The Balaban J connectivity index is 2.59. The van der Waals surface area contributed by atoms with Gasteiger partial charge < -0.3 is 15.0 Å². The second-order valence-corrected chi connectivity index (χ2v) is 6.80. The Hall–Kier alpha value is -3.67. The standard InChI is InChI=1S/C21H24N4O5/c1-4-11-24(13-26)20-15(3)23-14(2)18(21(27)30-12-5-10-22)19(20)16-6-8-17(9-7-16)25(28)29/h6-9,13,19,23H,4-5,11-12H2,1-3H3. The van der Waals surface area contributed by atoms with Gasteiger partial charge in [0.15, 0.2) is 0 Å². The molecule has 158 valence electrons. The van der Waals surface area contributed by atoms with Crippen LogP contribution in [-0.4, -0.2) is 35.4 Å². The topological polar surface area (TPSA) is 126 Å². The summed E-state index contributed by atoms with van der Waals surface area (Å²) in [6, 6.07) is 7.80. The van der Waals surface area contributed by atoms with Crippen molar-refractivity contribution in [3.05, 3.63) is 62.6 Å². The van der Waals surface area contributed by atoms with Gasteiger partial charge in [0.1, 0.15) is 6.61 Å². The summed E-state index contributed by atoms with van der Waals surface area (Å²) in [5.74, 6) is -1.26. The molecule has 0 aliphatic carbocycles. The number of hydrogen-bond acceptors (Lipinski definition) is 7. The number of non-ortho nitro benzene ring substituents is 1. The summed E-state index contributed by atoms with van der Waals surface area (Å²) >= 11 is 0. The first-order chi connectivity index (χ1) is 14.3. The van der Waals surface area contributed by atoms with Crippen molar-refractivity contribution in [3.8, 4) is 6.07 Å². The normalized spacial score (nSPS) is 15.9. The quantitative estimate of drug-likeness (QED) is 0.217. The average Bonchev–Trinajstić information content (AvgIpc) is 2.72. The summed E-state index contributed by atoms with van der Waals surface area (Å²) in [4.78, 5) is 36.8. The molecule has 1 aliphatic heterocycles. The van der Waals surface area contributed by atoms with E-state index in [0.29, 0.717) is 47.6 Å². The Bertz CT molecular complexity index is 928. The Labute approximate surface area is 174 Å². The Morgan fingerprint density at radius 1 is 1.33 bits per heavy atom. The molecule has 1 aliphatic rings. The van der Waals surface area contributed by atoms with Crippen molar-refractivity contribution < 1.29 is 19.2 Å². The number of ether oxygens (including phenoxy) is 1. The van der Waals surface area contributed by atoms with Crippen molar-refractivity contribution in [2.75, 3.05) is 13.2 Å². The molecule has 30 heavy (non-hydrogen) atoms. The lowest BCUT2D eigenvalue weighted by molar-refractivity contribution is -0.384. The number of dihydropyridines is 1. The van der Waals surface area contributed by atoms with Crippen LogP contribution in [0.1, 0.15) is 45.1 Å². The third kappa shape index (κ3) is 4.84. The Morgan fingerprint density at radius 2 is 2.00 bits per heavy atom. The maximum atomic E-state index is 12.9. The third-order valence-electron chi connectivity index (χ3n) is 4.73. The number of hydrogen-bond donors (Lipinski definition) is 1. The number of allylic oxidation sites excluding steroid dienone is 3. The van der Waals surface area contributed by atoms with Gasteiger partial charge >= 0.3 is 5.97 Å².